The van der Waals surface area contributed by atoms with Crippen LogP contribution in [0.2, 0.25) is 0 Å². The first kappa shape index (κ1) is 19.2. The minimum absolute atomic E-state index is 0.249. The first-order valence-electron chi connectivity index (χ1n) is 9.36. The van der Waals surface area contributed by atoms with Crippen LogP contribution in [-0.4, -0.2) is 58.7 Å². The Hall–Kier alpha value is -1.53. The third-order valence-electron chi connectivity index (χ3n) is 4.87. The summed E-state index contributed by atoms with van der Waals surface area (Å²) in [4.78, 5) is 9.80. The molecule has 0 saturated carbocycles. The highest BCUT2D eigenvalue weighted by molar-refractivity contribution is 7.09. The van der Waals surface area contributed by atoms with Crippen molar-refractivity contribution in [2.75, 3.05) is 32.8 Å². The monoisotopic (exact) mass is 371 g/mol. The molecule has 1 aromatic carbocycles. The number of benzene rings is 1. The number of piperazine rings is 1. The smallest absolute Gasteiger partial charge is 0.107 e. The minimum Gasteiger partial charge on any atom is -0.396 e. The van der Waals surface area contributed by atoms with Crippen LogP contribution in [-0.2, 0) is 6.54 Å². The third kappa shape index (κ3) is 5.24. The lowest BCUT2D eigenvalue weighted by molar-refractivity contribution is 0.0636. The Morgan fingerprint density at radius 1 is 1.27 bits per heavy atom. The summed E-state index contributed by atoms with van der Waals surface area (Å²) in [5.74, 6) is 0. The molecule has 3 rings (SSSR count). The molecule has 1 N–H and O–H groups in total. The standard InChI is InChI=1S/C21H29N3OS/c1-17(2)8-10-24-12-11-23(14-19(24)9-13-25)15-21-22-20(16-26-21)18-6-4-3-5-7-18/h3-8,16,19,25H,9-15H2,1-2H3/t19-/m0/s1. The number of aromatic nitrogens is 1. The van der Waals surface area contributed by atoms with Crippen LogP contribution >= 0.6 is 11.3 Å². The SMILES string of the molecule is CC(C)=CCN1CCN(Cc2nc(-c3ccccc3)cs2)C[C@@H]1CCO. The van der Waals surface area contributed by atoms with E-state index in [1.165, 1.54) is 16.1 Å². The molecule has 140 valence electrons. The first-order chi connectivity index (χ1) is 12.7. The number of rotatable bonds is 7. The lowest BCUT2D eigenvalue weighted by atomic mass is 10.1. The molecular weight excluding hydrogens is 342 g/mol. The van der Waals surface area contributed by atoms with Gasteiger partial charge in [0, 0.05) is 49.8 Å². The molecule has 0 unspecified atom stereocenters. The Balaban J connectivity index is 1.60. The Morgan fingerprint density at radius 3 is 2.81 bits per heavy atom. The highest BCUT2D eigenvalue weighted by Gasteiger charge is 2.26. The summed E-state index contributed by atoms with van der Waals surface area (Å²) in [5, 5.41) is 12.8. The predicted molar refractivity (Wildman–Crippen MR) is 109 cm³/mol. The van der Waals surface area contributed by atoms with Gasteiger partial charge in [0.1, 0.15) is 5.01 Å². The molecule has 1 aliphatic rings. The summed E-state index contributed by atoms with van der Waals surface area (Å²) >= 11 is 1.74. The van der Waals surface area contributed by atoms with E-state index in [9.17, 15) is 5.11 Å². The lowest BCUT2D eigenvalue weighted by Gasteiger charge is -2.40. The van der Waals surface area contributed by atoms with Gasteiger partial charge in [0.25, 0.3) is 0 Å². The molecule has 26 heavy (non-hydrogen) atoms. The van der Waals surface area contributed by atoms with Crippen molar-refractivity contribution in [1.82, 2.24) is 14.8 Å². The van der Waals surface area contributed by atoms with Crippen molar-refractivity contribution in [3.63, 3.8) is 0 Å². The van der Waals surface area contributed by atoms with Crippen molar-refractivity contribution in [3.05, 3.63) is 52.4 Å². The maximum Gasteiger partial charge on any atom is 0.107 e. The van der Waals surface area contributed by atoms with Gasteiger partial charge in [0.2, 0.25) is 0 Å². The molecule has 1 saturated heterocycles. The highest BCUT2D eigenvalue weighted by Crippen LogP contribution is 2.23. The van der Waals surface area contributed by atoms with E-state index in [0.717, 1.165) is 44.8 Å². The summed E-state index contributed by atoms with van der Waals surface area (Å²) in [6.45, 7) is 9.51. The van der Waals surface area contributed by atoms with Crippen molar-refractivity contribution in [3.8, 4) is 11.3 Å². The average Bonchev–Trinajstić information content (AvgIpc) is 3.10. The maximum atomic E-state index is 9.45. The van der Waals surface area contributed by atoms with Gasteiger partial charge in [-0.05, 0) is 20.3 Å². The molecule has 0 amide bonds. The topological polar surface area (TPSA) is 39.6 Å². The van der Waals surface area contributed by atoms with Crippen molar-refractivity contribution < 1.29 is 5.11 Å². The minimum atomic E-state index is 0.249. The number of nitrogens with zero attached hydrogens (tertiary/aromatic N) is 3. The Labute approximate surface area is 160 Å². The second-order valence-corrected chi connectivity index (χ2v) is 8.11. The van der Waals surface area contributed by atoms with Gasteiger partial charge < -0.3 is 5.11 Å². The highest BCUT2D eigenvalue weighted by atomic mass is 32.1. The van der Waals surface area contributed by atoms with E-state index < -0.39 is 0 Å². The van der Waals surface area contributed by atoms with Gasteiger partial charge in [0.05, 0.1) is 12.2 Å². The first-order valence-corrected chi connectivity index (χ1v) is 10.2. The van der Waals surface area contributed by atoms with Crippen molar-refractivity contribution in [2.45, 2.75) is 32.9 Å². The molecule has 2 aromatic rings. The molecule has 0 aliphatic carbocycles. The van der Waals surface area contributed by atoms with Crippen LogP contribution in [0.5, 0.6) is 0 Å². The summed E-state index contributed by atoms with van der Waals surface area (Å²) in [5.41, 5.74) is 3.60. The van der Waals surface area contributed by atoms with Gasteiger partial charge in [-0.3, -0.25) is 9.80 Å². The fraction of sp³-hybridized carbons (Fsp3) is 0.476. The van der Waals surface area contributed by atoms with Crippen LogP contribution in [0.15, 0.2) is 47.4 Å². The van der Waals surface area contributed by atoms with E-state index in [-0.39, 0.29) is 6.61 Å². The van der Waals surface area contributed by atoms with Crippen LogP contribution in [0.25, 0.3) is 11.3 Å². The number of hydrogen-bond donors (Lipinski definition) is 1. The van der Waals surface area contributed by atoms with Gasteiger partial charge in [-0.2, -0.15) is 0 Å². The van der Waals surface area contributed by atoms with Crippen LogP contribution in [0.1, 0.15) is 25.3 Å². The van der Waals surface area contributed by atoms with E-state index in [1.54, 1.807) is 11.3 Å². The fourth-order valence-electron chi connectivity index (χ4n) is 3.38. The van der Waals surface area contributed by atoms with E-state index >= 15 is 0 Å². The predicted octanol–water partition coefficient (Wildman–Crippen LogP) is 3.64. The van der Waals surface area contributed by atoms with E-state index in [4.69, 9.17) is 4.98 Å². The van der Waals surface area contributed by atoms with Gasteiger partial charge >= 0.3 is 0 Å². The van der Waals surface area contributed by atoms with Crippen molar-refractivity contribution in [2.24, 2.45) is 0 Å². The summed E-state index contributed by atoms with van der Waals surface area (Å²) in [7, 11) is 0. The Kier molecular flexibility index (Phi) is 6.97. The van der Waals surface area contributed by atoms with Crippen molar-refractivity contribution in [1.29, 1.82) is 0 Å². The quantitative estimate of drug-likeness (QED) is 0.754. The third-order valence-corrected chi connectivity index (χ3v) is 5.70. The molecule has 0 radical (unpaired) electrons. The summed E-state index contributed by atoms with van der Waals surface area (Å²) in [6.07, 6.45) is 3.12. The van der Waals surface area contributed by atoms with Crippen LogP contribution in [0.4, 0.5) is 0 Å². The van der Waals surface area contributed by atoms with E-state index in [2.05, 4.69) is 59.4 Å². The average molecular weight is 372 g/mol. The second kappa shape index (κ2) is 9.42. The zero-order valence-corrected chi connectivity index (χ0v) is 16.6. The van der Waals surface area contributed by atoms with Gasteiger partial charge in [0.15, 0.2) is 0 Å². The van der Waals surface area contributed by atoms with Crippen LogP contribution < -0.4 is 0 Å². The van der Waals surface area contributed by atoms with E-state index in [1.807, 2.05) is 6.07 Å². The number of hydrogen-bond acceptors (Lipinski definition) is 5. The number of aliphatic hydroxyl groups excluding tert-OH is 1. The number of aliphatic hydroxyl groups is 1. The maximum absolute atomic E-state index is 9.45. The molecule has 5 heteroatoms. The Morgan fingerprint density at radius 2 is 2.08 bits per heavy atom. The molecule has 1 aliphatic heterocycles. The van der Waals surface area contributed by atoms with Gasteiger partial charge in [-0.1, -0.05) is 42.0 Å². The van der Waals surface area contributed by atoms with Crippen LogP contribution in [0, 0.1) is 0 Å². The van der Waals surface area contributed by atoms with E-state index in [0.29, 0.717) is 6.04 Å². The zero-order valence-electron chi connectivity index (χ0n) is 15.8. The molecular formula is C21H29N3OS. The van der Waals surface area contributed by atoms with Gasteiger partial charge in [-0.25, -0.2) is 4.98 Å². The largest absolute Gasteiger partial charge is 0.396 e. The molecule has 1 fully saturated rings. The zero-order chi connectivity index (χ0) is 18.4. The molecule has 1 aromatic heterocycles. The summed E-state index contributed by atoms with van der Waals surface area (Å²) in [6, 6.07) is 10.8. The lowest BCUT2D eigenvalue weighted by Crippen LogP contribution is -2.53. The van der Waals surface area contributed by atoms with Crippen LogP contribution in [0.3, 0.4) is 0 Å². The Bertz CT molecular complexity index is 709. The molecule has 0 spiro atoms. The molecule has 1 atom stereocenters. The van der Waals surface area contributed by atoms with Gasteiger partial charge in [-0.15, -0.1) is 11.3 Å². The molecule has 2 heterocycles. The normalized spacial score (nSPS) is 18.8. The number of allylic oxidation sites excluding steroid dienone is 1. The number of thiazole rings is 1. The fourth-order valence-corrected chi connectivity index (χ4v) is 4.22. The second-order valence-electron chi connectivity index (χ2n) is 7.17. The molecule has 0 bridgehead atoms. The summed E-state index contributed by atoms with van der Waals surface area (Å²) < 4.78 is 0. The van der Waals surface area contributed by atoms with Crippen molar-refractivity contribution >= 4 is 11.3 Å². The molecule has 4 nitrogen and oxygen atoms in total.